The molecule has 1 aliphatic heterocycles. The van der Waals surface area contributed by atoms with Gasteiger partial charge in [0.05, 0.1) is 27.0 Å². The van der Waals surface area contributed by atoms with E-state index < -0.39 is 59.0 Å². The van der Waals surface area contributed by atoms with Crippen LogP contribution in [0.15, 0.2) is 40.1 Å². The lowest BCUT2D eigenvalue weighted by atomic mass is 10.1. The van der Waals surface area contributed by atoms with Crippen molar-refractivity contribution in [2.24, 2.45) is 0 Å². The number of nitriles is 1. The topological polar surface area (TPSA) is 84.2 Å². The summed E-state index contributed by atoms with van der Waals surface area (Å²) >= 11 is 0. The Labute approximate surface area is 153 Å². The number of alkyl halides is 3. The van der Waals surface area contributed by atoms with Crippen molar-refractivity contribution in [1.82, 2.24) is 0 Å². The summed E-state index contributed by atoms with van der Waals surface area (Å²) in [4.78, 5) is -1.59. The highest BCUT2D eigenvalue weighted by atomic mass is 32.2. The Morgan fingerprint density at radius 3 is 2.52 bits per heavy atom. The van der Waals surface area contributed by atoms with Gasteiger partial charge in [-0.15, -0.1) is 0 Å². The first kappa shape index (κ1) is 19.3. The first-order chi connectivity index (χ1) is 12.5. The number of fused-ring (bicyclic) bond motifs is 1. The summed E-state index contributed by atoms with van der Waals surface area (Å²) < 4.78 is 96.7. The second-order valence-corrected chi connectivity index (χ2v) is 9.13. The third-order valence-corrected chi connectivity index (χ3v) is 6.51. The van der Waals surface area contributed by atoms with Crippen LogP contribution in [0.25, 0.3) is 0 Å². The molecule has 11 heteroatoms. The van der Waals surface area contributed by atoms with Crippen LogP contribution in [0.1, 0.15) is 17.3 Å². The van der Waals surface area contributed by atoms with Gasteiger partial charge in [-0.1, -0.05) is 0 Å². The largest absolute Gasteiger partial charge is 0.457 e. The molecule has 0 aromatic heterocycles. The van der Waals surface area contributed by atoms with Gasteiger partial charge >= 0.3 is 5.25 Å². The van der Waals surface area contributed by atoms with E-state index in [0.717, 1.165) is 30.3 Å². The van der Waals surface area contributed by atoms with Gasteiger partial charge in [0.1, 0.15) is 28.1 Å². The van der Waals surface area contributed by atoms with Gasteiger partial charge in [0.25, 0.3) is 0 Å². The van der Waals surface area contributed by atoms with Crippen LogP contribution in [0, 0.1) is 17.1 Å². The van der Waals surface area contributed by atoms with E-state index in [0.29, 0.717) is 6.26 Å². The van der Waals surface area contributed by atoms with E-state index in [1.165, 1.54) is 0 Å². The Balaban J connectivity index is 2.22. The van der Waals surface area contributed by atoms with Crippen molar-refractivity contribution in [1.29, 1.82) is 5.26 Å². The van der Waals surface area contributed by atoms with Crippen molar-refractivity contribution < 1.29 is 34.9 Å². The van der Waals surface area contributed by atoms with E-state index in [-0.39, 0.29) is 11.3 Å². The third kappa shape index (κ3) is 3.19. The van der Waals surface area contributed by atoms with Crippen molar-refractivity contribution in [2.45, 2.75) is 21.2 Å². The molecule has 142 valence electrons. The Hall–Kier alpha value is -2.45. The Morgan fingerprint density at radius 2 is 1.93 bits per heavy atom. The molecule has 3 rings (SSSR count). The van der Waals surface area contributed by atoms with E-state index >= 15 is 0 Å². The monoisotopic (exact) mass is 419 g/mol. The molecule has 2 atom stereocenters. The van der Waals surface area contributed by atoms with Crippen molar-refractivity contribution in [3.8, 4) is 17.6 Å². The van der Waals surface area contributed by atoms with Gasteiger partial charge in [-0.2, -0.15) is 14.0 Å². The highest BCUT2D eigenvalue weighted by Crippen LogP contribution is 2.54. The summed E-state index contributed by atoms with van der Waals surface area (Å²) in [5, 5.41) is 4.48. The van der Waals surface area contributed by atoms with Crippen molar-refractivity contribution in [2.75, 3.05) is 6.26 Å². The van der Waals surface area contributed by atoms with Crippen LogP contribution >= 0.6 is 0 Å². The highest BCUT2D eigenvalue weighted by molar-refractivity contribution is 7.92. The summed E-state index contributed by atoms with van der Waals surface area (Å²) in [6, 6.07) is 6.24. The summed E-state index contributed by atoms with van der Waals surface area (Å²) in [6.07, 6.45) is -2.38. The minimum atomic E-state index is -4.36. The summed E-state index contributed by atoms with van der Waals surface area (Å²) in [5.41, 5.74) is -1.02. The lowest BCUT2D eigenvalue weighted by Crippen LogP contribution is -2.22. The van der Waals surface area contributed by atoms with Gasteiger partial charge in [-0.25, -0.2) is 21.4 Å². The SMILES string of the molecule is CS(=O)(=O)c1ccc(Oc2cc(F)cc(C#N)c2)c2c1[S@@](=O)C(F)(F)[C@H]2F. The normalized spacial score (nSPS) is 20.7. The molecule has 2 aromatic carbocycles. The van der Waals surface area contributed by atoms with Gasteiger partial charge < -0.3 is 4.74 Å². The molecule has 5 nitrogen and oxygen atoms in total. The third-order valence-electron chi connectivity index (χ3n) is 3.73. The maximum Gasteiger partial charge on any atom is 0.360 e. The second kappa shape index (κ2) is 6.31. The number of nitrogens with zero attached hydrogens (tertiary/aromatic N) is 1. The second-order valence-electron chi connectivity index (χ2n) is 5.66. The average Bonchev–Trinajstić information content (AvgIpc) is 2.75. The van der Waals surface area contributed by atoms with Gasteiger partial charge in [0, 0.05) is 12.3 Å². The van der Waals surface area contributed by atoms with E-state index in [1.54, 1.807) is 6.07 Å². The lowest BCUT2D eigenvalue weighted by Gasteiger charge is -2.14. The minimum absolute atomic E-state index is 0.139. The van der Waals surface area contributed by atoms with Crippen LogP contribution in [-0.4, -0.2) is 24.1 Å². The zero-order valence-electron chi connectivity index (χ0n) is 13.4. The van der Waals surface area contributed by atoms with E-state index in [1.807, 2.05) is 0 Å². The molecule has 27 heavy (non-hydrogen) atoms. The molecule has 0 spiro atoms. The van der Waals surface area contributed by atoms with Crippen LogP contribution in [0.2, 0.25) is 0 Å². The Kier molecular flexibility index (Phi) is 4.52. The average molecular weight is 419 g/mol. The van der Waals surface area contributed by atoms with Gasteiger partial charge in [0.15, 0.2) is 9.84 Å². The molecular formula is C16H9F4NO4S2. The maximum absolute atomic E-state index is 14.4. The highest BCUT2D eigenvalue weighted by Gasteiger charge is 2.58. The first-order valence-corrected chi connectivity index (χ1v) is 10.2. The van der Waals surface area contributed by atoms with Gasteiger partial charge in [0.2, 0.25) is 6.17 Å². The maximum atomic E-state index is 14.4. The van der Waals surface area contributed by atoms with E-state index in [2.05, 4.69) is 0 Å². The number of benzene rings is 2. The number of sulfone groups is 1. The standard InChI is InChI=1S/C16H9F4NO4S2/c1-27(23,24)12-3-2-11(13-14(12)26(22)16(19,20)15(13)18)25-10-5-8(7-21)4-9(17)6-10/h2-6,15H,1H3/t15-,26+/m0/s1. The van der Waals surface area contributed by atoms with Crippen LogP contribution in [-0.2, 0) is 20.6 Å². The fraction of sp³-hybridized carbons (Fsp3) is 0.188. The molecule has 0 fully saturated rings. The van der Waals surface area contributed by atoms with Crippen molar-refractivity contribution in [3.63, 3.8) is 0 Å². The van der Waals surface area contributed by atoms with E-state index in [9.17, 15) is 30.2 Å². The fourth-order valence-electron chi connectivity index (χ4n) is 2.58. The molecule has 0 unspecified atom stereocenters. The molecule has 0 amide bonds. The van der Waals surface area contributed by atoms with Crippen LogP contribution in [0.4, 0.5) is 17.6 Å². The minimum Gasteiger partial charge on any atom is -0.457 e. The van der Waals surface area contributed by atoms with Crippen LogP contribution in [0.3, 0.4) is 0 Å². The van der Waals surface area contributed by atoms with Crippen LogP contribution in [0.5, 0.6) is 11.5 Å². The molecule has 0 radical (unpaired) electrons. The molecular weight excluding hydrogens is 410 g/mol. The van der Waals surface area contributed by atoms with Gasteiger partial charge in [-0.05, 0) is 24.3 Å². The zero-order valence-corrected chi connectivity index (χ0v) is 15.0. The van der Waals surface area contributed by atoms with Crippen LogP contribution < -0.4 is 4.74 Å². The lowest BCUT2D eigenvalue weighted by molar-refractivity contribution is 0.0135. The molecule has 0 saturated carbocycles. The number of halogens is 4. The molecule has 1 heterocycles. The summed E-state index contributed by atoms with van der Waals surface area (Å²) in [6.45, 7) is 0. The van der Waals surface area contributed by atoms with E-state index in [4.69, 9.17) is 10.00 Å². The smallest absolute Gasteiger partial charge is 0.360 e. The number of ether oxygens (including phenoxy) is 1. The molecule has 0 saturated heterocycles. The summed E-state index contributed by atoms with van der Waals surface area (Å²) in [5.74, 6) is -1.71. The molecule has 2 aromatic rings. The molecule has 0 N–H and O–H groups in total. The fourth-order valence-corrected chi connectivity index (χ4v) is 5.26. The predicted octanol–water partition coefficient (Wildman–Crippen LogP) is 3.62. The summed E-state index contributed by atoms with van der Waals surface area (Å²) in [7, 11) is -7.36. The molecule has 0 aliphatic carbocycles. The Bertz CT molecular complexity index is 1130. The number of rotatable bonds is 3. The molecule has 0 bridgehead atoms. The first-order valence-electron chi connectivity index (χ1n) is 7.16. The Morgan fingerprint density at radius 1 is 1.26 bits per heavy atom. The number of hydrogen-bond acceptors (Lipinski definition) is 5. The van der Waals surface area contributed by atoms with Gasteiger partial charge in [-0.3, -0.25) is 0 Å². The predicted molar refractivity (Wildman–Crippen MR) is 85.9 cm³/mol. The quantitative estimate of drug-likeness (QED) is 0.710. The molecule has 1 aliphatic rings. The van der Waals surface area contributed by atoms with Crippen molar-refractivity contribution in [3.05, 3.63) is 47.3 Å². The zero-order chi connectivity index (χ0) is 20.1. The number of hydrogen-bond donors (Lipinski definition) is 0. The van der Waals surface area contributed by atoms with Crippen molar-refractivity contribution >= 4 is 20.6 Å².